The first-order chi connectivity index (χ1) is 44.0. The van der Waals surface area contributed by atoms with Gasteiger partial charge < -0.3 is 139 Å². The van der Waals surface area contributed by atoms with E-state index >= 15 is 0 Å². The van der Waals surface area contributed by atoms with Gasteiger partial charge >= 0.3 is 5.97 Å². The first-order valence-electron chi connectivity index (χ1n) is 33.4. The summed E-state index contributed by atoms with van der Waals surface area (Å²) in [5.74, 6) is -1.11. The summed E-state index contributed by atoms with van der Waals surface area (Å²) >= 11 is 0. The van der Waals surface area contributed by atoms with E-state index in [1.807, 2.05) is 13.8 Å². The van der Waals surface area contributed by atoms with Gasteiger partial charge in [0.15, 0.2) is 37.6 Å². The number of esters is 1. The van der Waals surface area contributed by atoms with Crippen LogP contribution in [-0.2, 0) is 56.9 Å². The SMILES string of the molecule is CC=C(C)C(=O)O[C@H]1C(O)[C@H](O[C@H]2CC[C@@]3(C)C(CC[C@]4(C)C3CC=C3C5CC(C)(C)[C@@H](O)[C@H](O)[C@]5(CO[C@@H]5OC(CO[C@@H]6OC(CO)[C@@H](O)[C@@H](O)C6O)[C@@H](O)[C@@H](O)C5O[C@@H]5OC(C)[C@H](O)[C@H](O)C5O)CC[C@]34C)C2(C)C)OC(CO[C@@H]2OC(CO)[C@@H](O)[C@@H](O)C2O)[C@H]1O. The van der Waals surface area contributed by atoms with E-state index in [9.17, 15) is 91.6 Å². The van der Waals surface area contributed by atoms with Crippen LogP contribution in [0.1, 0.15) is 121 Å². The van der Waals surface area contributed by atoms with E-state index in [4.69, 9.17) is 52.1 Å². The maximum absolute atomic E-state index is 13.3. The molecule has 17 N–H and O–H groups in total. The van der Waals surface area contributed by atoms with E-state index in [-0.39, 0.29) is 34.8 Å². The van der Waals surface area contributed by atoms with Crippen LogP contribution in [0.2, 0.25) is 0 Å². The van der Waals surface area contributed by atoms with Crippen LogP contribution in [0, 0.1) is 50.2 Å². The van der Waals surface area contributed by atoms with Gasteiger partial charge in [-0.25, -0.2) is 4.79 Å². The second-order valence-corrected chi connectivity index (χ2v) is 30.7. The lowest BCUT2D eigenvalue weighted by atomic mass is 9.33. The van der Waals surface area contributed by atoms with Crippen LogP contribution in [0.4, 0.5) is 0 Å². The third kappa shape index (κ3) is 12.8. The Morgan fingerprint density at radius 2 is 1.07 bits per heavy atom. The molecule has 10 aliphatic rings. The fourth-order valence-corrected chi connectivity index (χ4v) is 18.4. The molecule has 9 fully saturated rings. The van der Waals surface area contributed by atoms with E-state index in [0.29, 0.717) is 38.5 Å². The Hall–Kier alpha value is -2.13. The second kappa shape index (κ2) is 28.0. The van der Waals surface area contributed by atoms with E-state index < -0.39 is 232 Å². The molecule has 0 amide bonds. The van der Waals surface area contributed by atoms with Crippen molar-refractivity contribution in [2.24, 2.45) is 50.2 Å². The molecule has 29 nitrogen and oxygen atoms in total. The van der Waals surface area contributed by atoms with Crippen LogP contribution >= 0.6 is 0 Å². The van der Waals surface area contributed by atoms with Crippen molar-refractivity contribution in [1.82, 2.24) is 0 Å². The Morgan fingerprint density at radius 3 is 1.66 bits per heavy atom. The summed E-state index contributed by atoms with van der Waals surface area (Å²) in [6.45, 7) is 16.7. The highest BCUT2D eigenvalue weighted by atomic mass is 16.8. The van der Waals surface area contributed by atoms with Gasteiger partial charge in [0.05, 0.1) is 57.5 Å². The van der Waals surface area contributed by atoms with Crippen LogP contribution in [0.3, 0.4) is 0 Å². The second-order valence-electron chi connectivity index (χ2n) is 30.7. The quantitative estimate of drug-likeness (QED) is 0.0294. The van der Waals surface area contributed by atoms with Gasteiger partial charge in [-0.2, -0.15) is 0 Å². The number of fused-ring (bicyclic) bond motifs is 7. The zero-order valence-corrected chi connectivity index (χ0v) is 55.2. The minimum absolute atomic E-state index is 0.0299. The number of hydrogen-bond acceptors (Lipinski definition) is 29. The van der Waals surface area contributed by atoms with E-state index in [1.54, 1.807) is 6.92 Å². The largest absolute Gasteiger partial charge is 0.453 e. The molecule has 0 radical (unpaired) electrons. The summed E-state index contributed by atoms with van der Waals surface area (Å²) in [5.41, 5.74) is -2.50. The summed E-state index contributed by atoms with van der Waals surface area (Å²) in [4.78, 5) is 13.3. The average Bonchev–Trinajstić information content (AvgIpc) is 0.674. The van der Waals surface area contributed by atoms with Crippen molar-refractivity contribution in [2.75, 3.05) is 33.0 Å². The highest BCUT2D eigenvalue weighted by Gasteiger charge is 2.71. The molecule has 5 saturated heterocycles. The number of aliphatic hydroxyl groups excluding tert-OH is 17. The van der Waals surface area contributed by atoms with Gasteiger partial charge in [0.25, 0.3) is 0 Å². The third-order valence-electron chi connectivity index (χ3n) is 24.8. The summed E-state index contributed by atoms with van der Waals surface area (Å²) < 4.78 is 66.6. The number of allylic oxidation sites excluding steroid dienone is 3. The Balaban J connectivity index is 0.900. The maximum Gasteiger partial charge on any atom is 0.333 e. The summed E-state index contributed by atoms with van der Waals surface area (Å²) in [6.07, 6.45) is -35.6. The van der Waals surface area contributed by atoms with Crippen LogP contribution < -0.4 is 0 Å². The van der Waals surface area contributed by atoms with Crippen molar-refractivity contribution < 1.29 is 144 Å². The zero-order chi connectivity index (χ0) is 69.0. The molecule has 0 spiro atoms. The van der Waals surface area contributed by atoms with Gasteiger partial charge in [-0.05, 0) is 117 Å². The molecule has 540 valence electrons. The van der Waals surface area contributed by atoms with Crippen molar-refractivity contribution >= 4 is 5.97 Å². The molecule has 0 aromatic carbocycles. The Kier molecular flexibility index (Phi) is 22.2. The summed E-state index contributed by atoms with van der Waals surface area (Å²) in [5, 5.41) is 187. The van der Waals surface area contributed by atoms with Gasteiger partial charge in [0, 0.05) is 11.0 Å². The van der Waals surface area contributed by atoms with Gasteiger partial charge in [-0.3, -0.25) is 0 Å². The van der Waals surface area contributed by atoms with Gasteiger partial charge in [0.2, 0.25) is 0 Å². The minimum Gasteiger partial charge on any atom is -0.453 e. The molecule has 94 heavy (non-hydrogen) atoms. The molecule has 0 aromatic heterocycles. The van der Waals surface area contributed by atoms with Crippen LogP contribution in [0.5, 0.6) is 0 Å². The Bertz CT molecular complexity index is 2660. The summed E-state index contributed by atoms with van der Waals surface area (Å²) in [7, 11) is 0. The molecule has 29 heteroatoms. The first-order valence-corrected chi connectivity index (χ1v) is 33.4. The molecule has 10 rings (SSSR count). The van der Waals surface area contributed by atoms with E-state index in [0.717, 1.165) is 18.4 Å². The monoisotopic (exact) mass is 1350 g/mol. The molecule has 5 aliphatic carbocycles. The summed E-state index contributed by atoms with van der Waals surface area (Å²) in [6, 6.07) is 0. The number of rotatable bonds is 17. The lowest BCUT2D eigenvalue weighted by Crippen LogP contribution is -2.69. The highest BCUT2D eigenvalue weighted by Crippen LogP contribution is 2.76. The number of hydrogen-bond donors (Lipinski definition) is 17. The number of aliphatic hydroxyl groups is 17. The average molecular weight is 1350 g/mol. The maximum atomic E-state index is 13.3. The number of carbonyl (C=O) groups excluding carboxylic acids is 1. The fraction of sp³-hybridized carbons (Fsp3) is 0.923. The van der Waals surface area contributed by atoms with E-state index in [2.05, 4.69) is 40.7 Å². The lowest BCUT2D eigenvalue weighted by Gasteiger charge is -2.72. The van der Waals surface area contributed by atoms with Crippen molar-refractivity contribution in [3.63, 3.8) is 0 Å². The van der Waals surface area contributed by atoms with Crippen LogP contribution in [-0.4, -0.2) is 298 Å². The lowest BCUT2D eigenvalue weighted by molar-refractivity contribution is -0.374. The van der Waals surface area contributed by atoms with Crippen molar-refractivity contribution in [1.29, 1.82) is 0 Å². The standard InChI is InChI=1S/C65H106O29/c1-11-26(2)54(83)93-50-41(72)33(24-85-56-47(78)44(75)39(70)31(22-67)89-56)90-58(49(50)80)92-36-15-16-62(8)34(61(36,6)7)14-17-64(10)35(62)13-12-28-29-20-60(4,5)52(81)53(82)65(29,19-18-63(28,64)9)25-86-59-51(94-57-48(79)42(73)37(68)27(3)87-57)45(76)40(71)32(91-59)23-84-55-46(77)43(74)38(69)30(21-66)88-55/h11-12,27,29-53,55-59,66-82H,13-25H2,1-10H3/t27?,29?,30?,31?,32?,33?,34?,35?,36-,37-,38+,39+,40+,41+,42-,43+,44+,45+,46?,47?,48?,49?,50+,51?,52-,53-,55+,56+,57-,58-,59+,62-,63+,64+,65-/m0/s1. The molecule has 4 saturated carbocycles. The van der Waals surface area contributed by atoms with Crippen molar-refractivity contribution in [3.05, 3.63) is 23.3 Å². The normalized spacial score (nSPS) is 52.7. The van der Waals surface area contributed by atoms with Crippen LogP contribution in [0.25, 0.3) is 0 Å². The molecule has 5 aliphatic heterocycles. The van der Waals surface area contributed by atoms with Crippen LogP contribution in [0.15, 0.2) is 23.3 Å². The Labute approximate surface area is 547 Å². The number of ether oxygens (including phenoxy) is 11. The fourth-order valence-electron chi connectivity index (χ4n) is 18.4. The predicted molar refractivity (Wildman–Crippen MR) is 320 cm³/mol. The smallest absolute Gasteiger partial charge is 0.333 e. The first kappa shape index (κ1) is 74.6. The Morgan fingerprint density at radius 1 is 0.543 bits per heavy atom. The van der Waals surface area contributed by atoms with Crippen molar-refractivity contribution in [2.45, 2.75) is 292 Å². The topological polar surface area (TPSA) is 463 Å². The molecular formula is C65H106O29. The third-order valence-corrected chi connectivity index (χ3v) is 24.8. The van der Waals surface area contributed by atoms with E-state index in [1.165, 1.54) is 19.9 Å². The molecule has 5 heterocycles. The molecule has 35 atom stereocenters. The molecular weight excluding hydrogens is 1240 g/mol. The zero-order valence-electron chi connectivity index (χ0n) is 55.2. The predicted octanol–water partition coefficient (Wildman–Crippen LogP) is -3.25. The number of carbonyl (C=O) groups is 1. The van der Waals surface area contributed by atoms with Crippen molar-refractivity contribution in [3.8, 4) is 0 Å². The molecule has 0 aromatic rings. The van der Waals surface area contributed by atoms with Gasteiger partial charge in [-0.1, -0.05) is 66.2 Å². The molecule has 0 bridgehead atoms. The molecule has 13 unspecified atom stereocenters. The minimum atomic E-state index is -1.92. The van der Waals surface area contributed by atoms with Gasteiger partial charge in [-0.15, -0.1) is 0 Å². The van der Waals surface area contributed by atoms with Gasteiger partial charge in [0.1, 0.15) is 110 Å². The highest BCUT2D eigenvalue weighted by molar-refractivity contribution is 5.87.